The number of rotatable bonds is 6. The highest BCUT2D eigenvalue weighted by Gasteiger charge is 2.23. The molecule has 0 spiro atoms. The van der Waals surface area contributed by atoms with Gasteiger partial charge in [0.05, 0.1) is 12.7 Å². The lowest BCUT2D eigenvalue weighted by atomic mass is 9.98. The zero-order valence-corrected chi connectivity index (χ0v) is 10.6. The van der Waals surface area contributed by atoms with Crippen LogP contribution in [-0.2, 0) is 4.74 Å². The molecule has 15 heavy (non-hydrogen) atoms. The van der Waals surface area contributed by atoms with E-state index >= 15 is 0 Å². The first-order valence-electron chi connectivity index (χ1n) is 6.10. The Morgan fingerprint density at radius 2 is 2.13 bits per heavy atom. The average molecular weight is 214 g/mol. The van der Waals surface area contributed by atoms with Crippen LogP contribution in [0.3, 0.4) is 0 Å². The van der Waals surface area contributed by atoms with Crippen LogP contribution in [0.5, 0.6) is 0 Å². The molecule has 0 aliphatic carbocycles. The van der Waals surface area contributed by atoms with E-state index in [0.717, 1.165) is 25.0 Å². The Labute approximate surface area is 94.2 Å². The average Bonchev–Trinajstić information content (AvgIpc) is 2.51. The van der Waals surface area contributed by atoms with Crippen LogP contribution in [0.15, 0.2) is 0 Å². The third-order valence-electron chi connectivity index (χ3n) is 3.15. The highest BCUT2D eigenvalue weighted by atomic mass is 16.5. The van der Waals surface area contributed by atoms with Gasteiger partial charge >= 0.3 is 0 Å². The second kappa shape index (κ2) is 6.46. The number of nitrogens with one attached hydrogen (secondary N) is 1. The molecule has 90 valence electrons. The van der Waals surface area contributed by atoms with E-state index in [1.54, 1.807) is 0 Å². The Hall–Kier alpha value is -0.120. The van der Waals surface area contributed by atoms with Crippen LogP contribution in [0, 0.1) is 11.8 Å². The topological polar surface area (TPSA) is 24.5 Å². The van der Waals surface area contributed by atoms with E-state index in [1.807, 2.05) is 0 Å². The summed E-state index contributed by atoms with van der Waals surface area (Å²) in [4.78, 5) is 2.39. The smallest absolute Gasteiger partial charge is 0.0596 e. The minimum Gasteiger partial charge on any atom is -0.377 e. The molecular weight excluding hydrogens is 188 g/mol. The van der Waals surface area contributed by atoms with Crippen LogP contribution in [0.4, 0.5) is 0 Å². The summed E-state index contributed by atoms with van der Waals surface area (Å²) < 4.78 is 5.55. The number of nitrogens with zero attached hydrogens (tertiary/aromatic N) is 1. The van der Waals surface area contributed by atoms with Gasteiger partial charge < -0.3 is 15.0 Å². The zero-order chi connectivity index (χ0) is 11.3. The molecule has 0 radical (unpaired) electrons. The van der Waals surface area contributed by atoms with Gasteiger partial charge in [0.25, 0.3) is 0 Å². The molecule has 0 amide bonds. The normalized spacial score (nSPS) is 26.8. The lowest BCUT2D eigenvalue weighted by Gasteiger charge is -2.23. The SMILES string of the molecule is CC(C)OCCN(C)CC1CNCC1C. The van der Waals surface area contributed by atoms with Crippen LogP contribution in [0.2, 0.25) is 0 Å². The first-order chi connectivity index (χ1) is 7.09. The van der Waals surface area contributed by atoms with Gasteiger partial charge in [0.1, 0.15) is 0 Å². The third kappa shape index (κ3) is 4.96. The molecule has 1 rings (SSSR count). The van der Waals surface area contributed by atoms with E-state index < -0.39 is 0 Å². The summed E-state index contributed by atoms with van der Waals surface area (Å²) in [7, 11) is 2.19. The minimum atomic E-state index is 0.352. The van der Waals surface area contributed by atoms with Crippen LogP contribution >= 0.6 is 0 Å². The molecule has 0 bridgehead atoms. The number of hydrogen-bond acceptors (Lipinski definition) is 3. The fourth-order valence-corrected chi connectivity index (χ4v) is 2.04. The lowest BCUT2D eigenvalue weighted by Crippen LogP contribution is -2.32. The molecular formula is C12H26N2O. The first-order valence-corrected chi connectivity index (χ1v) is 6.10. The predicted octanol–water partition coefficient (Wildman–Crippen LogP) is 1.20. The van der Waals surface area contributed by atoms with Crippen LogP contribution in [-0.4, -0.2) is 50.8 Å². The van der Waals surface area contributed by atoms with E-state index in [9.17, 15) is 0 Å². The van der Waals surface area contributed by atoms with Crippen molar-refractivity contribution in [3.05, 3.63) is 0 Å². The van der Waals surface area contributed by atoms with Gasteiger partial charge in [-0.3, -0.25) is 0 Å². The summed E-state index contributed by atoms with van der Waals surface area (Å²) in [5.74, 6) is 1.63. The first kappa shape index (κ1) is 12.9. The molecule has 1 N–H and O–H groups in total. The molecule has 0 aromatic heterocycles. The van der Waals surface area contributed by atoms with Crippen molar-refractivity contribution in [1.82, 2.24) is 10.2 Å². The lowest BCUT2D eigenvalue weighted by molar-refractivity contribution is 0.0607. The third-order valence-corrected chi connectivity index (χ3v) is 3.15. The fourth-order valence-electron chi connectivity index (χ4n) is 2.04. The second-order valence-corrected chi connectivity index (χ2v) is 5.08. The summed E-state index contributed by atoms with van der Waals surface area (Å²) in [6, 6.07) is 0. The van der Waals surface area contributed by atoms with Crippen LogP contribution in [0.25, 0.3) is 0 Å². The summed E-state index contributed by atoms with van der Waals surface area (Å²) in [5, 5.41) is 3.44. The molecule has 1 fully saturated rings. The van der Waals surface area contributed by atoms with Gasteiger partial charge in [0.15, 0.2) is 0 Å². The monoisotopic (exact) mass is 214 g/mol. The van der Waals surface area contributed by atoms with Crippen molar-refractivity contribution in [3.8, 4) is 0 Å². The van der Waals surface area contributed by atoms with Gasteiger partial charge in [-0.05, 0) is 45.8 Å². The van der Waals surface area contributed by atoms with Crippen molar-refractivity contribution in [2.75, 3.05) is 39.8 Å². The summed E-state index contributed by atoms with van der Waals surface area (Å²) in [5.41, 5.74) is 0. The highest BCUT2D eigenvalue weighted by molar-refractivity contribution is 4.79. The van der Waals surface area contributed by atoms with Gasteiger partial charge in [-0.2, -0.15) is 0 Å². The second-order valence-electron chi connectivity index (χ2n) is 5.08. The van der Waals surface area contributed by atoms with Crippen LogP contribution < -0.4 is 5.32 Å². The summed E-state index contributed by atoms with van der Waals surface area (Å²) in [6.07, 6.45) is 0.352. The molecule has 1 heterocycles. The maximum absolute atomic E-state index is 5.55. The summed E-state index contributed by atoms with van der Waals surface area (Å²) in [6.45, 7) is 12.0. The number of likely N-dealkylation sites (N-methyl/N-ethyl adjacent to an activating group) is 1. The van der Waals surface area contributed by atoms with Crippen molar-refractivity contribution in [2.45, 2.75) is 26.9 Å². The quantitative estimate of drug-likeness (QED) is 0.719. The molecule has 0 saturated carbocycles. The maximum Gasteiger partial charge on any atom is 0.0596 e. The Kier molecular flexibility index (Phi) is 5.58. The van der Waals surface area contributed by atoms with E-state index in [0.29, 0.717) is 6.10 Å². The maximum atomic E-state index is 5.55. The Morgan fingerprint density at radius 3 is 2.67 bits per heavy atom. The largest absolute Gasteiger partial charge is 0.377 e. The van der Waals surface area contributed by atoms with Gasteiger partial charge in [-0.25, -0.2) is 0 Å². The van der Waals surface area contributed by atoms with Gasteiger partial charge in [0.2, 0.25) is 0 Å². The summed E-state index contributed by atoms with van der Waals surface area (Å²) >= 11 is 0. The molecule has 2 unspecified atom stereocenters. The minimum absolute atomic E-state index is 0.352. The van der Waals surface area contributed by atoms with Gasteiger partial charge in [0, 0.05) is 13.1 Å². The Balaban J connectivity index is 2.09. The molecule has 1 aliphatic rings. The standard InChI is InChI=1S/C12H26N2O/c1-10(2)15-6-5-14(4)9-12-8-13-7-11(12)3/h10-13H,5-9H2,1-4H3. The van der Waals surface area contributed by atoms with Crippen LogP contribution in [0.1, 0.15) is 20.8 Å². The van der Waals surface area contributed by atoms with Crippen molar-refractivity contribution in [3.63, 3.8) is 0 Å². The molecule has 3 nitrogen and oxygen atoms in total. The van der Waals surface area contributed by atoms with E-state index in [2.05, 4.69) is 38.0 Å². The Morgan fingerprint density at radius 1 is 1.40 bits per heavy atom. The Bertz CT molecular complexity index is 173. The number of ether oxygens (including phenoxy) is 1. The van der Waals surface area contributed by atoms with E-state index in [-0.39, 0.29) is 0 Å². The predicted molar refractivity (Wildman–Crippen MR) is 64.1 cm³/mol. The number of hydrogen-bond donors (Lipinski definition) is 1. The van der Waals surface area contributed by atoms with E-state index in [4.69, 9.17) is 4.74 Å². The molecule has 1 saturated heterocycles. The molecule has 0 aromatic rings. The van der Waals surface area contributed by atoms with Crippen molar-refractivity contribution < 1.29 is 4.74 Å². The molecule has 1 aliphatic heterocycles. The van der Waals surface area contributed by atoms with Gasteiger partial charge in [-0.1, -0.05) is 6.92 Å². The molecule has 3 heteroatoms. The van der Waals surface area contributed by atoms with Crippen molar-refractivity contribution in [2.24, 2.45) is 11.8 Å². The van der Waals surface area contributed by atoms with Crippen molar-refractivity contribution in [1.29, 1.82) is 0 Å². The zero-order valence-electron chi connectivity index (χ0n) is 10.6. The van der Waals surface area contributed by atoms with Crippen molar-refractivity contribution >= 4 is 0 Å². The van der Waals surface area contributed by atoms with Gasteiger partial charge in [-0.15, -0.1) is 0 Å². The molecule has 0 aromatic carbocycles. The fraction of sp³-hybridized carbons (Fsp3) is 1.00. The van der Waals surface area contributed by atoms with E-state index in [1.165, 1.54) is 19.6 Å². The highest BCUT2D eigenvalue weighted by Crippen LogP contribution is 2.16. The molecule has 2 atom stereocenters.